The lowest BCUT2D eigenvalue weighted by atomic mass is 9.96. The molecular weight excluding hydrogens is 703 g/mol. The van der Waals surface area contributed by atoms with Gasteiger partial charge in [0.1, 0.15) is 17.0 Å². The smallest absolute Gasteiger partial charge is 0.163 e. The van der Waals surface area contributed by atoms with E-state index in [-0.39, 0.29) is 5.92 Å². The topological polar surface area (TPSA) is 51.8 Å². The summed E-state index contributed by atoms with van der Waals surface area (Å²) in [6.45, 7) is 0. The van der Waals surface area contributed by atoms with Gasteiger partial charge in [-0.25, -0.2) is 15.0 Å². The first-order valence-corrected chi connectivity index (χ1v) is 19.8. The van der Waals surface area contributed by atoms with Crippen molar-refractivity contribution in [3.8, 4) is 56.2 Å². The van der Waals surface area contributed by atoms with Crippen molar-refractivity contribution in [2.24, 2.45) is 0 Å². The first-order chi connectivity index (χ1) is 27.7. The molecule has 1 unspecified atom stereocenters. The number of fused-ring (bicyclic) bond motifs is 6. The van der Waals surface area contributed by atoms with Crippen molar-refractivity contribution < 1.29 is 4.42 Å². The third-order valence-electron chi connectivity index (χ3n) is 10.8. The second kappa shape index (κ2) is 13.4. The van der Waals surface area contributed by atoms with Gasteiger partial charge in [-0.1, -0.05) is 152 Å². The highest BCUT2D eigenvalue weighted by Gasteiger charge is 2.19. The van der Waals surface area contributed by atoms with E-state index in [1.54, 1.807) is 0 Å². The molecule has 0 aliphatic heterocycles. The van der Waals surface area contributed by atoms with E-state index >= 15 is 0 Å². The van der Waals surface area contributed by atoms with Crippen LogP contribution < -0.4 is 0 Å². The van der Waals surface area contributed by atoms with Gasteiger partial charge >= 0.3 is 0 Å². The molecule has 0 fully saturated rings. The zero-order chi connectivity index (χ0) is 37.0. The number of nitrogens with zero attached hydrogens (tertiary/aromatic N) is 3. The van der Waals surface area contributed by atoms with Gasteiger partial charge in [0.2, 0.25) is 0 Å². The van der Waals surface area contributed by atoms with Crippen molar-refractivity contribution in [1.29, 1.82) is 0 Å². The van der Waals surface area contributed by atoms with Crippen LogP contribution in [-0.4, -0.2) is 15.0 Å². The maximum atomic E-state index is 6.63. The van der Waals surface area contributed by atoms with Gasteiger partial charge in [0.05, 0.1) is 0 Å². The molecule has 3 aromatic heterocycles. The minimum atomic E-state index is 0.0988. The highest BCUT2D eigenvalue weighted by molar-refractivity contribution is 7.26. The lowest BCUT2D eigenvalue weighted by Crippen LogP contribution is -2.07. The SMILES string of the molecule is C1=CCC(c2nc(-c3ccccc3)nc(-c3cccc(-c4cccc5oc6cc(-c7cccc8c7sc7cc(-c9ccccc9)ccc78)ccc6c45)c3)n2)C=C1. The number of hydrogen-bond acceptors (Lipinski definition) is 5. The Morgan fingerprint density at radius 2 is 1.18 bits per heavy atom. The summed E-state index contributed by atoms with van der Waals surface area (Å²) in [5.41, 5.74) is 10.7. The standard InChI is InChI=1S/C51H33N3OS/c1-4-13-32(14-5-1)35-25-27-41-42-23-11-22-40(48(42)56-46(41)31-35)37-26-28-43-45(30-37)55-44-24-12-21-39(47(43)44)36-19-10-20-38(29-36)51-53-49(33-15-6-2-7-16-33)52-50(54-51)34-17-8-3-9-18-34/h1-17,19-31,34H,18H2. The van der Waals surface area contributed by atoms with E-state index in [1.807, 2.05) is 29.5 Å². The summed E-state index contributed by atoms with van der Waals surface area (Å²) in [4.78, 5) is 15.0. The van der Waals surface area contributed by atoms with Gasteiger partial charge in [-0.05, 0) is 70.1 Å². The highest BCUT2D eigenvalue weighted by Crippen LogP contribution is 2.44. The molecule has 11 rings (SSSR count). The first kappa shape index (κ1) is 32.5. The molecule has 0 amide bonds. The van der Waals surface area contributed by atoms with Crippen LogP contribution in [0.3, 0.4) is 0 Å². The average molecular weight is 736 g/mol. The number of hydrogen-bond donors (Lipinski definition) is 0. The predicted molar refractivity (Wildman–Crippen MR) is 233 cm³/mol. The Bertz CT molecular complexity index is 3180. The normalized spacial score (nSPS) is 14.0. The van der Waals surface area contributed by atoms with Crippen molar-refractivity contribution in [1.82, 2.24) is 15.0 Å². The monoisotopic (exact) mass is 735 g/mol. The Morgan fingerprint density at radius 3 is 2.02 bits per heavy atom. The number of thiophene rings is 1. The Hall–Kier alpha value is -6.95. The lowest BCUT2D eigenvalue weighted by Gasteiger charge is -2.14. The van der Waals surface area contributed by atoms with E-state index in [9.17, 15) is 0 Å². The third kappa shape index (κ3) is 5.64. The largest absolute Gasteiger partial charge is 0.456 e. The fraction of sp³-hybridized carbons (Fsp3) is 0.0392. The van der Waals surface area contributed by atoms with Crippen LogP contribution in [0.25, 0.3) is 98.3 Å². The predicted octanol–water partition coefficient (Wildman–Crippen LogP) is 14.1. The van der Waals surface area contributed by atoms with Crippen molar-refractivity contribution in [2.45, 2.75) is 12.3 Å². The summed E-state index contributed by atoms with van der Waals surface area (Å²) < 4.78 is 9.21. The van der Waals surface area contributed by atoms with Crippen molar-refractivity contribution >= 4 is 53.4 Å². The molecule has 1 aliphatic rings. The van der Waals surface area contributed by atoms with Crippen LogP contribution in [0, 0.1) is 0 Å². The van der Waals surface area contributed by atoms with Gasteiger partial charge in [-0.15, -0.1) is 11.3 Å². The second-order valence-electron chi connectivity index (χ2n) is 14.3. The Morgan fingerprint density at radius 1 is 0.482 bits per heavy atom. The zero-order valence-electron chi connectivity index (χ0n) is 30.3. The van der Waals surface area contributed by atoms with Gasteiger partial charge in [0.15, 0.2) is 11.6 Å². The molecule has 4 nitrogen and oxygen atoms in total. The van der Waals surface area contributed by atoms with E-state index in [4.69, 9.17) is 19.4 Å². The molecule has 5 heteroatoms. The van der Waals surface area contributed by atoms with E-state index in [2.05, 4.69) is 164 Å². The molecule has 10 aromatic rings. The van der Waals surface area contributed by atoms with Crippen molar-refractivity contribution in [2.75, 3.05) is 0 Å². The molecule has 3 heterocycles. The highest BCUT2D eigenvalue weighted by atomic mass is 32.1. The molecular formula is C51H33N3OS. The van der Waals surface area contributed by atoms with Crippen LogP contribution in [0.15, 0.2) is 186 Å². The van der Waals surface area contributed by atoms with Crippen LogP contribution in [0.5, 0.6) is 0 Å². The Balaban J connectivity index is 0.996. The minimum Gasteiger partial charge on any atom is -0.456 e. The molecule has 0 saturated carbocycles. The van der Waals surface area contributed by atoms with E-state index in [0.29, 0.717) is 11.6 Å². The number of aromatic nitrogens is 3. The van der Waals surface area contributed by atoms with E-state index in [0.717, 1.165) is 62.0 Å². The lowest BCUT2D eigenvalue weighted by molar-refractivity contribution is 0.669. The summed E-state index contributed by atoms with van der Waals surface area (Å²) in [5.74, 6) is 2.23. The molecule has 1 aliphatic carbocycles. The summed E-state index contributed by atoms with van der Waals surface area (Å²) in [7, 11) is 0. The summed E-state index contributed by atoms with van der Waals surface area (Å²) in [6, 6.07) is 55.8. The van der Waals surface area contributed by atoms with Crippen LogP contribution >= 0.6 is 11.3 Å². The maximum absolute atomic E-state index is 6.63. The fourth-order valence-electron chi connectivity index (χ4n) is 8.07. The van der Waals surface area contributed by atoms with Crippen molar-refractivity contribution in [3.63, 3.8) is 0 Å². The Labute approximate surface area is 327 Å². The fourth-order valence-corrected chi connectivity index (χ4v) is 9.35. The molecule has 0 spiro atoms. The minimum absolute atomic E-state index is 0.0988. The van der Waals surface area contributed by atoms with E-state index < -0.39 is 0 Å². The molecule has 264 valence electrons. The van der Waals surface area contributed by atoms with Crippen LogP contribution in [0.4, 0.5) is 0 Å². The quantitative estimate of drug-likeness (QED) is 0.171. The molecule has 0 saturated heterocycles. The van der Waals surface area contributed by atoms with Gasteiger partial charge in [0.25, 0.3) is 0 Å². The van der Waals surface area contributed by atoms with Crippen LogP contribution in [0.2, 0.25) is 0 Å². The number of rotatable bonds is 6. The van der Waals surface area contributed by atoms with Crippen LogP contribution in [0.1, 0.15) is 18.2 Å². The number of benzene rings is 7. The first-order valence-electron chi connectivity index (χ1n) is 19.0. The van der Waals surface area contributed by atoms with Crippen molar-refractivity contribution in [3.05, 3.63) is 188 Å². The number of furan rings is 1. The molecule has 56 heavy (non-hydrogen) atoms. The molecule has 0 radical (unpaired) electrons. The van der Waals surface area contributed by atoms with Gasteiger partial charge in [-0.2, -0.15) is 0 Å². The molecule has 7 aromatic carbocycles. The van der Waals surface area contributed by atoms with Gasteiger partial charge < -0.3 is 4.42 Å². The van der Waals surface area contributed by atoms with Crippen LogP contribution in [-0.2, 0) is 0 Å². The Kier molecular flexibility index (Phi) is 7.78. The third-order valence-corrected chi connectivity index (χ3v) is 12.0. The van der Waals surface area contributed by atoms with Gasteiger partial charge in [-0.3, -0.25) is 0 Å². The number of allylic oxidation sites excluding steroid dienone is 4. The average Bonchev–Trinajstić information content (AvgIpc) is 3.85. The molecule has 0 bridgehead atoms. The second-order valence-corrected chi connectivity index (χ2v) is 15.3. The zero-order valence-corrected chi connectivity index (χ0v) is 31.1. The van der Waals surface area contributed by atoms with E-state index in [1.165, 1.54) is 36.9 Å². The van der Waals surface area contributed by atoms with Gasteiger partial charge in [0, 0.05) is 48.0 Å². The maximum Gasteiger partial charge on any atom is 0.163 e. The molecule has 0 N–H and O–H groups in total. The summed E-state index contributed by atoms with van der Waals surface area (Å²) in [5, 5.41) is 4.75. The summed E-state index contributed by atoms with van der Waals surface area (Å²) >= 11 is 1.86. The molecule has 1 atom stereocenters. The summed E-state index contributed by atoms with van der Waals surface area (Å²) in [6.07, 6.45) is 9.35.